The number of fused-ring (bicyclic) bond motifs is 1. The van der Waals surface area contributed by atoms with Crippen LogP contribution in [0.5, 0.6) is 0 Å². The Hall–Kier alpha value is -0.140. The Morgan fingerprint density at radius 3 is 3.08 bits per heavy atom. The fraction of sp³-hybridized carbons (Fsp3) is 0.400. The quantitative estimate of drug-likeness (QED) is 0.572. The van der Waals surface area contributed by atoms with Gasteiger partial charge in [-0.15, -0.1) is 23.4 Å². The zero-order valence-electron chi connectivity index (χ0n) is 7.01. The van der Waals surface area contributed by atoms with Crippen molar-refractivity contribution in [2.75, 3.05) is 5.75 Å². The second-order valence-electron chi connectivity index (χ2n) is 3.10. The van der Waals surface area contributed by atoms with Crippen LogP contribution in [-0.2, 0) is 0 Å². The first-order valence-electron chi connectivity index (χ1n) is 4.15. The fourth-order valence-corrected chi connectivity index (χ4v) is 3.25. The molecule has 1 atom stereocenters. The second-order valence-corrected chi connectivity index (χ2v) is 4.73. The molecule has 1 aromatic carbocycles. The summed E-state index contributed by atoms with van der Waals surface area (Å²) < 4.78 is 0. The molecule has 64 valence electrons. The molecule has 0 saturated heterocycles. The molecule has 0 radical (unpaired) electrons. The Labute approximate surface area is 82.3 Å². The molecular formula is C10H11ClS. The minimum absolute atomic E-state index is 0.237. The number of hydrogen-bond acceptors (Lipinski definition) is 1. The molecule has 1 unspecified atom stereocenters. The molecule has 2 rings (SSSR count). The highest BCUT2D eigenvalue weighted by Gasteiger charge is 2.18. The van der Waals surface area contributed by atoms with E-state index < -0.39 is 0 Å². The molecule has 0 aliphatic carbocycles. The highest BCUT2D eigenvalue weighted by atomic mass is 35.5. The summed E-state index contributed by atoms with van der Waals surface area (Å²) in [5.41, 5.74) is 2.69. The minimum Gasteiger partial charge on any atom is -0.125 e. The summed E-state index contributed by atoms with van der Waals surface area (Å²) in [5.74, 6) is 1.16. The van der Waals surface area contributed by atoms with E-state index in [-0.39, 0.29) is 5.38 Å². The van der Waals surface area contributed by atoms with Crippen molar-refractivity contribution in [1.82, 2.24) is 0 Å². The number of benzene rings is 1. The van der Waals surface area contributed by atoms with E-state index in [2.05, 4.69) is 25.1 Å². The van der Waals surface area contributed by atoms with Crippen molar-refractivity contribution in [2.24, 2.45) is 0 Å². The van der Waals surface area contributed by atoms with Crippen molar-refractivity contribution in [3.05, 3.63) is 29.3 Å². The van der Waals surface area contributed by atoms with Crippen molar-refractivity contribution in [2.45, 2.75) is 23.6 Å². The maximum atomic E-state index is 6.21. The molecular weight excluding hydrogens is 188 g/mol. The van der Waals surface area contributed by atoms with Gasteiger partial charge in [-0.25, -0.2) is 0 Å². The van der Waals surface area contributed by atoms with Crippen LogP contribution in [0.15, 0.2) is 23.1 Å². The maximum Gasteiger partial charge on any atom is 0.0604 e. The molecule has 0 amide bonds. The Morgan fingerprint density at radius 2 is 2.33 bits per heavy atom. The first kappa shape index (κ1) is 8.46. The van der Waals surface area contributed by atoms with Crippen molar-refractivity contribution in [3.63, 3.8) is 0 Å². The fourth-order valence-electron chi connectivity index (χ4n) is 1.54. The van der Waals surface area contributed by atoms with E-state index in [9.17, 15) is 0 Å². The molecule has 2 heteroatoms. The van der Waals surface area contributed by atoms with Crippen LogP contribution in [0.3, 0.4) is 0 Å². The summed E-state index contributed by atoms with van der Waals surface area (Å²) >= 11 is 8.14. The Balaban J connectivity index is 2.52. The molecule has 1 aromatic rings. The number of hydrogen-bond donors (Lipinski definition) is 0. The second kappa shape index (κ2) is 3.31. The van der Waals surface area contributed by atoms with Gasteiger partial charge in [0.05, 0.1) is 5.38 Å². The van der Waals surface area contributed by atoms with Gasteiger partial charge in [0.1, 0.15) is 0 Å². The van der Waals surface area contributed by atoms with E-state index in [0.717, 1.165) is 12.2 Å². The predicted molar refractivity (Wildman–Crippen MR) is 55.1 cm³/mol. The highest BCUT2D eigenvalue weighted by Crippen LogP contribution is 2.40. The van der Waals surface area contributed by atoms with Gasteiger partial charge in [-0.2, -0.15) is 0 Å². The summed E-state index contributed by atoms with van der Waals surface area (Å²) in [5, 5.41) is 0.237. The van der Waals surface area contributed by atoms with Gasteiger partial charge in [-0.1, -0.05) is 18.2 Å². The van der Waals surface area contributed by atoms with Crippen LogP contribution in [0.25, 0.3) is 0 Å². The third kappa shape index (κ3) is 1.36. The van der Waals surface area contributed by atoms with E-state index in [4.69, 9.17) is 11.6 Å². The molecule has 0 N–H and O–H groups in total. The van der Waals surface area contributed by atoms with Crippen LogP contribution >= 0.6 is 23.4 Å². The van der Waals surface area contributed by atoms with Gasteiger partial charge >= 0.3 is 0 Å². The number of thioether (sulfide) groups is 1. The third-order valence-corrected chi connectivity index (χ3v) is 3.94. The average molecular weight is 199 g/mol. The van der Waals surface area contributed by atoms with Crippen LogP contribution in [0.1, 0.15) is 22.9 Å². The maximum absolute atomic E-state index is 6.21. The molecule has 0 saturated carbocycles. The van der Waals surface area contributed by atoms with Crippen LogP contribution < -0.4 is 0 Å². The summed E-state index contributed by atoms with van der Waals surface area (Å²) in [6, 6.07) is 6.39. The van der Waals surface area contributed by atoms with Crippen molar-refractivity contribution in [1.29, 1.82) is 0 Å². The van der Waals surface area contributed by atoms with Crippen LogP contribution in [0.4, 0.5) is 0 Å². The van der Waals surface area contributed by atoms with Gasteiger partial charge in [-0.05, 0) is 30.2 Å². The van der Waals surface area contributed by atoms with Crippen molar-refractivity contribution < 1.29 is 0 Å². The Bertz CT molecular complexity index is 296. The number of rotatable bonds is 0. The summed E-state index contributed by atoms with van der Waals surface area (Å²) in [6.07, 6.45) is 1.10. The number of aryl methyl sites for hydroxylation is 1. The van der Waals surface area contributed by atoms with E-state index >= 15 is 0 Å². The van der Waals surface area contributed by atoms with E-state index in [1.165, 1.54) is 16.0 Å². The third-order valence-electron chi connectivity index (χ3n) is 2.20. The van der Waals surface area contributed by atoms with Gasteiger partial charge in [0.15, 0.2) is 0 Å². The summed E-state index contributed by atoms with van der Waals surface area (Å²) in [7, 11) is 0. The van der Waals surface area contributed by atoms with Gasteiger partial charge < -0.3 is 0 Å². The van der Waals surface area contributed by atoms with Gasteiger partial charge in [-0.3, -0.25) is 0 Å². The van der Waals surface area contributed by atoms with Crippen LogP contribution in [-0.4, -0.2) is 5.75 Å². The van der Waals surface area contributed by atoms with E-state index in [0.29, 0.717) is 0 Å². The number of alkyl halides is 1. The lowest BCUT2D eigenvalue weighted by Gasteiger charge is -2.21. The van der Waals surface area contributed by atoms with Crippen molar-refractivity contribution >= 4 is 23.4 Å². The van der Waals surface area contributed by atoms with Gasteiger partial charge in [0, 0.05) is 4.90 Å². The van der Waals surface area contributed by atoms with Crippen LogP contribution in [0, 0.1) is 6.92 Å². The first-order chi connectivity index (χ1) is 5.79. The molecule has 0 spiro atoms. The summed E-state index contributed by atoms with van der Waals surface area (Å²) in [6.45, 7) is 2.15. The molecule has 0 bridgehead atoms. The van der Waals surface area contributed by atoms with Gasteiger partial charge in [0.2, 0.25) is 0 Å². The molecule has 1 aliphatic heterocycles. The molecule has 0 fully saturated rings. The average Bonchev–Trinajstić information content (AvgIpc) is 2.07. The Morgan fingerprint density at radius 1 is 1.50 bits per heavy atom. The zero-order chi connectivity index (χ0) is 8.55. The monoisotopic (exact) mass is 198 g/mol. The van der Waals surface area contributed by atoms with E-state index in [1.807, 2.05) is 11.8 Å². The largest absolute Gasteiger partial charge is 0.125 e. The van der Waals surface area contributed by atoms with Crippen molar-refractivity contribution in [3.8, 4) is 0 Å². The topological polar surface area (TPSA) is 0 Å². The van der Waals surface area contributed by atoms with Crippen LogP contribution in [0.2, 0.25) is 0 Å². The Kier molecular flexibility index (Phi) is 2.33. The predicted octanol–water partition coefficient (Wildman–Crippen LogP) is 3.77. The SMILES string of the molecule is Cc1cccc2c1SCCC2Cl. The molecule has 0 nitrogen and oxygen atoms in total. The number of halogens is 1. The van der Waals surface area contributed by atoms with E-state index in [1.54, 1.807) is 0 Å². The lowest BCUT2D eigenvalue weighted by atomic mass is 10.1. The minimum atomic E-state index is 0.237. The standard InChI is InChI=1S/C10H11ClS/c1-7-3-2-4-8-9(11)5-6-12-10(7)8/h2-4,9H,5-6H2,1H3. The molecule has 1 heterocycles. The zero-order valence-corrected chi connectivity index (χ0v) is 8.58. The molecule has 1 aliphatic rings. The lowest BCUT2D eigenvalue weighted by Crippen LogP contribution is -2.02. The summed E-state index contributed by atoms with van der Waals surface area (Å²) in [4.78, 5) is 1.41. The molecule has 12 heavy (non-hydrogen) atoms. The first-order valence-corrected chi connectivity index (χ1v) is 5.57. The lowest BCUT2D eigenvalue weighted by molar-refractivity contribution is 0.849. The normalized spacial score (nSPS) is 22.0. The highest BCUT2D eigenvalue weighted by molar-refractivity contribution is 7.99. The smallest absolute Gasteiger partial charge is 0.0604 e. The molecule has 0 aromatic heterocycles. The van der Waals surface area contributed by atoms with Gasteiger partial charge in [0.25, 0.3) is 0 Å².